The van der Waals surface area contributed by atoms with Gasteiger partial charge in [-0.25, -0.2) is 5.84 Å². The van der Waals surface area contributed by atoms with Crippen LogP contribution in [0.3, 0.4) is 0 Å². The quantitative estimate of drug-likeness (QED) is 0.333. The van der Waals surface area contributed by atoms with Crippen molar-refractivity contribution in [1.82, 2.24) is 5.43 Å². The number of rotatable bonds is 5. The molecule has 0 saturated heterocycles. The minimum absolute atomic E-state index is 0.0843. The molecule has 1 amide bonds. The number of amides is 1. The predicted molar refractivity (Wildman–Crippen MR) is 61.1 cm³/mol. The van der Waals surface area contributed by atoms with Crippen molar-refractivity contribution in [3.8, 4) is 0 Å². The maximum Gasteiger partial charge on any atom is 0.233 e. The molecule has 1 aromatic rings. The largest absolute Gasteiger partial charge is 0.294 e. The molecule has 0 fully saturated rings. The third-order valence-corrected chi connectivity index (χ3v) is 2.40. The lowest BCUT2D eigenvalue weighted by atomic mass is 10.1. The van der Waals surface area contributed by atoms with Crippen molar-refractivity contribution < 1.29 is 4.79 Å². The van der Waals surface area contributed by atoms with E-state index in [1.807, 2.05) is 0 Å². The van der Waals surface area contributed by atoms with Gasteiger partial charge < -0.3 is 0 Å². The van der Waals surface area contributed by atoms with Crippen molar-refractivity contribution in [2.75, 3.05) is 0 Å². The Morgan fingerprint density at radius 1 is 1.27 bits per heavy atom. The van der Waals surface area contributed by atoms with Crippen molar-refractivity contribution in [2.24, 2.45) is 5.84 Å². The molecule has 0 aliphatic carbocycles. The number of unbranched alkanes of at least 4 members (excludes halogenated alkanes) is 1. The van der Waals surface area contributed by atoms with Crippen LogP contribution in [-0.4, -0.2) is 5.91 Å². The third kappa shape index (κ3) is 4.61. The Kier molecular flexibility index (Phi) is 4.84. The number of nitrogens with one attached hydrogen (secondary N) is 1. The number of hydrogen-bond donors (Lipinski definition) is 2. The first-order valence-corrected chi connectivity index (χ1v) is 5.27. The van der Waals surface area contributed by atoms with Gasteiger partial charge in [0.15, 0.2) is 0 Å². The summed E-state index contributed by atoms with van der Waals surface area (Å²) in [6.07, 6.45) is 3.45. The Hall–Kier alpha value is -1.35. The molecule has 0 spiro atoms. The van der Waals surface area contributed by atoms with E-state index in [1.54, 1.807) is 0 Å². The molecule has 0 aromatic heterocycles. The van der Waals surface area contributed by atoms with Crippen molar-refractivity contribution >= 4 is 5.91 Å². The Labute approximate surface area is 90.6 Å². The minimum atomic E-state index is -0.0843. The zero-order chi connectivity index (χ0) is 11.1. The fraction of sp³-hybridized carbons (Fsp3) is 0.417. The standard InChI is InChI=1S/C12H18N2O/c1-10-6-8-11(9-7-10)4-2-3-5-12(15)14-13/h6-9H,2-5,13H2,1H3,(H,14,15). The molecule has 0 aliphatic rings. The van der Waals surface area contributed by atoms with Crippen LogP contribution in [-0.2, 0) is 11.2 Å². The summed E-state index contributed by atoms with van der Waals surface area (Å²) in [5.41, 5.74) is 4.74. The van der Waals surface area contributed by atoms with Crippen LogP contribution in [0, 0.1) is 6.92 Å². The first kappa shape index (κ1) is 11.7. The first-order valence-electron chi connectivity index (χ1n) is 5.27. The summed E-state index contributed by atoms with van der Waals surface area (Å²) in [5.74, 6) is 4.90. The first-order chi connectivity index (χ1) is 7.22. The molecule has 0 heterocycles. The van der Waals surface area contributed by atoms with Gasteiger partial charge in [0.25, 0.3) is 0 Å². The van der Waals surface area contributed by atoms with Crippen LogP contribution in [0.15, 0.2) is 24.3 Å². The lowest BCUT2D eigenvalue weighted by molar-refractivity contribution is -0.121. The zero-order valence-corrected chi connectivity index (χ0v) is 9.12. The highest BCUT2D eigenvalue weighted by Gasteiger charge is 1.98. The Bertz CT molecular complexity index is 306. The van der Waals surface area contributed by atoms with Gasteiger partial charge in [-0.05, 0) is 31.7 Å². The number of hydrazine groups is 1. The van der Waals surface area contributed by atoms with Crippen molar-refractivity contribution in [3.63, 3.8) is 0 Å². The van der Waals surface area contributed by atoms with E-state index < -0.39 is 0 Å². The molecule has 1 rings (SSSR count). The van der Waals surface area contributed by atoms with Gasteiger partial charge >= 0.3 is 0 Å². The molecule has 0 atom stereocenters. The Balaban J connectivity index is 2.20. The molecule has 0 unspecified atom stereocenters. The van der Waals surface area contributed by atoms with E-state index in [1.165, 1.54) is 11.1 Å². The minimum Gasteiger partial charge on any atom is -0.294 e. The van der Waals surface area contributed by atoms with E-state index in [0.29, 0.717) is 6.42 Å². The normalized spacial score (nSPS) is 10.0. The van der Waals surface area contributed by atoms with Gasteiger partial charge in [-0.15, -0.1) is 0 Å². The topological polar surface area (TPSA) is 55.1 Å². The summed E-state index contributed by atoms with van der Waals surface area (Å²) in [6, 6.07) is 8.50. The molecule has 3 heteroatoms. The van der Waals surface area contributed by atoms with Crippen molar-refractivity contribution in [2.45, 2.75) is 32.6 Å². The van der Waals surface area contributed by atoms with Crippen LogP contribution in [0.4, 0.5) is 0 Å². The second-order valence-electron chi connectivity index (χ2n) is 3.76. The fourth-order valence-electron chi connectivity index (χ4n) is 1.44. The molecule has 1 aromatic carbocycles. The highest BCUT2D eigenvalue weighted by Crippen LogP contribution is 2.08. The van der Waals surface area contributed by atoms with Crippen LogP contribution in [0.5, 0.6) is 0 Å². The molecule has 15 heavy (non-hydrogen) atoms. The summed E-state index contributed by atoms with van der Waals surface area (Å²) >= 11 is 0. The van der Waals surface area contributed by atoms with Crippen LogP contribution in [0.1, 0.15) is 30.4 Å². The molecule has 3 nitrogen and oxygen atoms in total. The second kappa shape index (κ2) is 6.19. The molecule has 3 N–H and O–H groups in total. The summed E-state index contributed by atoms with van der Waals surface area (Å²) in [6.45, 7) is 2.08. The van der Waals surface area contributed by atoms with Crippen LogP contribution in [0.25, 0.3) is 0 Å². The average molecular weight is 206 g/mol. The summed E-state index contributed by atoms with van der Waals surface area (Å²) in [7, 11) is 0. The maximum absolute atomic E-state index is 10.8. The Morgan fingerprint density at radius 2 is 1.93 bits per heavy atom. The summed E-state index contributed by atoms with van der Waals surface area (Å²) in [4.78, 5) is 10.8. The molecule has 0 bridgehead atoms. The lowest BCUT2D eigenvalue weighted by Gasteiger charge is -2.02. The van der Waals surface area contributed by atoms with Gasteiger partial charge in [-0.2, -0.15) is 0 Å². The van der Waals surface area contributed by atoms with Crippen LogP contribution in [0.2, 0.25) is 0 Å². The maximum atomic E-state index is 10.8. The number of nitrogens with two attached hydrogens (primary N) is 1. The van der Waals surface area contributed by atoms with E-state index in [0.717, 1.165) is 19.3 Å². The molecule has 82 valence electrons. The zero-order valence-electron chi connectivity index (χ0n) is 9.12. The van der Waals surface area contributed by atoms with Gasteiger partial charge in [0.2, 0.25) is 5.91 Å². The monoisotopic (exact) mass is 206 g/mol. The molecular formula is C12H18N2O. The predicted octanol–water partition coefficient (Wildman–Crippen LogP) is 1.70. The van der Waals surface area contributed by atoms with E-state index in [2.05, 4.69) is 36.6 Å². The summed E-state index contributed by atoms with van der Waals surface area (Å²) in [5, 5.41) is 0. The Morgan fingerprint density at radius 3 is 2.53 bits per heavy atom. The number of carbonyl (C=O) groups excluding carboxylic acids is 1. The van der Waals surface area contributed by atoms with E-state index in [9.17, 15) is 4.79 Å². The van der Waals surface area contributed by atoms with Crippen LogP contribution < -0.4 is 11.3 Å². The molecule has 0 saturated carbocycles. The van der Waals surface area contributed by atoms with Crippen molar-refractivity contribution in [1.29, 1.82) is 0 Å². The van der Waals surface area contributed by atoms with Crippen LogP contribution >= 0.6 is 0 Å². The number of hydrogen-bond acceptors (Lipinski definition) is 2. The average Bonchev–Trinajstić information content (AvgIpc) is 2.26. The van der Waals surface area contributed by atoms with E-state index in [4.69, 9.17) is 5.84 Å². The van der Waals surface area contributed by atoms with Gasteiger partial charge in [-0.1, -0.05) is 29.8 Å². The molecule has 0 aliphatic heterocycles. The molecular weight excluding hydrogens is 188 g/mol. The van der Waals surface area contributed by atoms with E-state index in [-0.39, 0.29) is 5.91 Å². The lowest BCUT2D eigenvalue weighted by Crippen LogP contribution is -2.29. The van der Waals surface area contributed by atoms with Gasteiger partial charge in [0.1, 0.15) is 0 Å². The number of aryl methyl sites for hydroxylation is 2. The highest BCUT2D eigenvalue weighted by atomic mass is 16.2. The number of carbonyl (C=O) groups is 1. The summed E-state index contributed by atoms with van der Waals surface area (Å²) < 4.78 is 0. The SMILES string of the molecule is Cc1ccc(CCCCC(=O)NN)cc1. The fourth-order valence-corrected chi connectivity index (χ4v) is 1.44. The smallest absolute Gasteiger partial charge is 0.233 e. The van der Waals surface area contributed by atoms with Gasteiger partial charge in [0, 0.05) is 6.42 Å². The molecule has 0 radical (unpaired) electrons. The third-order valence-electron chi connectivity index (χ3n) is 2.40. The van der Waals surface area contributed by atoms with Crippen molar-refractivity contribution in [3.05, 3.63) is 35.4 Å². The van der Waals surface area contributed by atoms with Gasteiger partial charge in [0.05, 0.1) is 0 Å². The van der Waals surface area contributed by atoms with Gasteiger partial charge in [-0.3, -0.25) is 10.2 Å². The number of benzene rings is 1. The van der Waals surface area contributed by atoms with E-state index >= 15 is 0 Å². The second-order valence-corrected chi connectivity index (χ2v) is 3.76. The highest BCUT2D eigenvalue weighted by molar-refractivity contribution is 5.75.